The van der Waals surface area contributed by atoms with Gasteiger partial charge >= 0.3 is 0 Å². The van der Waals surface area contributed by atoms with Crippen LogP contribution in [-0.4, -0.2) is 37.4 Å². The number of hydrogen-bond acceptors (Lipinski definition) is 8. The number of nitrogens with one attached hydrogen (secondary N) is 1. The molecule has 1 heterocycles. The van der Waals surface area contributed by atoms with Crippen molar-refractivity contribution in [2.45, 2.75) is 11.5 Å². The van der Waals surface area contributed by atoms with Gasteiger partial charge in [-0.05, 0) is 17.7 Å². The molecule has 152 valence electrons. The van der Waals surface area contributed by atoms with Crippen LogP contribution in [0, 0.1) is 0 Å². The van der Waals surface area contributed by atoms with E-state index < -0.39 is 0 Å². The number of amides is 1. The van der Waals surface area contributed by atoms with E-state index in [1.54, 1.807) is 23.9 Å². The van der Waals surface area contributed by atoms with Crippen molar-refractivity contribution in [1.29, 1.82) is 0 Å². The first-order valence-electron chi connectivity index (χ1n) is 8.70. The monoisotopic (exact) mass is 431 g/mol. The highest BCUT2D eigenvalue weighted by Crippen LogP contribution is 2.38. The van der Waals surface area contributed by atoms with E-state index in [-0.39, 0.29) is 5.91 Å². The lowest BCUT2D eigenvalue weighted by Gasteiger charge is -2.13. The van der Waals surface area contributed by atoms with Crippen molar-refractivity contribution < 1.29 is 19.0 Å². The van der Waals surface area contributed by atoms with Gasteiger partial charge in [0.25, 0.3) is 5.91 Å². The Labute approximate surface area is 177 Å². The summed E-state index contributed by atoms with van der Waals surface area (Å²) < 4.78 is 15.9. The molecule has 0 bridgehead atoms. The highest BCUT2D eigenvalue weighted by atomic mass is 32.2. The minimum Gasteiger partial charge on any atom is -0.493 e. The Morgan fingerprint density at radius 1 is 1.00 bits per heavy atom. The minimum absolute atomic E-state index is 0.330. The first-order chi connectivity index (χ1) is 14.1. The minimum atomic E-state index is -0.330. The molecule has 0 unspecified atom stereocenters. The number of aromatic nitrogens is 2. The summed E-state index contributed by atoms with van der Waals surface area (Å²) in [6.07, 6.45) is 0. The Morgan fingerprint density at radius 3 is 2.31 bits per heavy atom. The molecule has 0 spiro atoms. The number of benzene rings is 2. The van der Waals surface area contributed by atoms with E-state index in [9.17, 15) is 4.79 Å². The fourth-order valence-electron chi connectivity index (χ4n) is 2.57. The highest BCUT2D eigenvalue weighted by molar-refractivity contribution is 7.97. The van der Waals surface area contributed by atoms with E-state index in [4.69, 9.17) is 14.2 Å². The summed E-state index contributed by atoms with van der Waals surface area (Å²) in [6.45, 7) is 0. The topological polar surface area (TPSA) is 82.6 Å². The van der Waals surface area contributed by atoms with Crippen molar-refractivity contribution in [1.82, 2.24) is 10.2 Å². The lowest BCUT2D eigenvalue weighted by Crippen LogP contribution is -2.12. The smallest absolute Gasteiger partial charge is 0.257 e. The van der Waals surface area contributed by atoms with E-state index in [0.717, 1.165) is 16.5 Å². The molecule has 9 heteroatoms. The second-order valence-electron chi connectivity index (χ2n) is 5.85. The SMILES string of the molecule is COc1cc(C(=O)Nc2nnc(CSCc3ccccc3)s2)cc(OC)c1OC. The van der Waals surface area contributed by atoms with Gasteiger partial charge in [-0.1, -0.05) is 41.7 Å². The van der Waals surface area contributed by atoms with Crippen molar-refractivity contribution in [2.24, 2.45) is 0 Å². The molecular weight excluding hydrogens is 410 g/mol. The van der Waals surface area contributed by atoms with Gasteiger partial charge in [0.1, 0.15) is 5.01 Å². The van der Waals surface area contributed by atoms with E-state index in [1.165, 1.54) is 38.2 Å². The zero-order valence-corrected chi connectivity index (χ0v) is 17.9. The number of anilines is 1. The molecule has 7 nitrogen and oxygen atoms in total. The molecule has 3 rings (SSSR count). The van der Waals surface area contributed by atoms with E-state index in [1.807, 2.05) is 18.2 Å². The third kappa shape index (κ3) is 5.39. The predicted molar refractivity (Wildman–Crippen MR) is 115 cm³/mol. The van der Waals surface area contributed by atoms with Crippen LogP contribution in [0.25, 0.3) is 0 Å². The summed E-state index contributed by atoms with van der Waals surface area (Å²) in [5.41, 5.74) is 1.63. The molecule has 0 aliphatic rings. The number of carbonyl (C=O) groups is 1. The molecule has 3 aromatic rings. The predicted octanol–water partition coefficient (Wildman–Crippen LogP) is 4.25. The summed E-state index contributed by atoms with van der Waals surface area (Å²) >= 11 is 3.11. The third-order valence-electron chi connectivity index (χ3n) is 3.95. The van der Waals surface area contributed by atoms with Crippen molar-refractivity contribution in [3.05, 3.63) is 58.6 Å². The fourth-order valence-corrected chi connectivity index (χ4v) is 4.35. The molecule has 1 aromatic heterocycles. The number of nitrogens with zero attached hydrogens (tertiary/aromatic N) is 2. The molecule has 0 radical (unpaired) electrons. The van der Waals surface area contributed by atoms with Gasteiger partial charge in [-0.15, -0.1) is 22.0 Å². The van der Waals surface area contributed by atoms with Crippen LogP contribution in [0.4, 0.5) is 5.13 Å². The molecule has 1 amide bonds. The Balaban J connectivity index is 1.62. The molecular formula is C20H21N3O4S2. The molecule has 0 aliphatic heterocycles. The van der Waals surface area contributed by atoms with Crippen molar-refractivity contribution >= 4 is 34.1 Å². The fraction of sp³-hybridized carbons (Fsp3) is 0.250. The summed E-state index contributed by atoms with van der Waals surface area (Å²) in [6, 6.07) is 13.4. The summed E-state index contributed by atoms with van der Waals surface area (Å²) in [5, 5.41) is 12.3. The number of hydrogen-bond donors (Lipinski definition) is 1. The maximum atomic E-state index is 12.6. The van der Waals surface area contributed by atoms with Gasteiger partial charge in [0.15, 0.2) is 11.5 Å². The number of carbonyl (C=O) groups excluding carboxylic acids is 1. The largest absolute Gasteiger partial charge is 0.493 e. The lowest BCUT2D eigenvalue weighted by molar-refractivity contribution is 0.102. The summed E-state index contributed by atoms with van der Waals surface area (Å²) in [7, 11) is 4.52. The van der Waals surface area contributed by atoms with Gasteiger partial charge in [0.05, 0.1) is 21.3 Å². The van der Waals surface area contributed by atoms with Crippen LogP contribution < -0.4 is 19.5 Å². The van der Waals surface area contributed by atoms with Crippen molar-refractivity contribution in [3.8, 4) is 17.2 Å². The van der Waals surface area contributed by atoms with Crippen LogP contribution in [0.3, 0.4) is 0 Å². The van der Waals surface area contributed by atoms with E-state index >= 15 is 0 Å². The second-order valence-corrected chi connectivity index (χ2v) is 7.90. The zero-order valence-electron chi connectivity index (χ0n) is 16.3. The summed E-state index contributed by atoms with van der Waals surface area (Å²) in [4.78, 5) is 12.6. The number of ether oxygens (including phenoxy) is 3. The van der Waals surface area contributed by atoms with Crippen LogP contribution in [0.2, 0.25) is 0 Å². The average Bonchev–Trinajstić information content (AvgIpc) is 3.20. The highest BCUT2D eigenvalue weighted by Gasteiger charge is 2.18. The Kier molecular flexibility index (Phi) is 7.31. The molecule has 0 saturated heterocycles. The zero-order chi connectivity index (χ0) is 20.6. The Bertz CT molecular complexity index is 938. The van der Waals surface area contributed by atoms with Gasteiger partial charge in [-0.2, -0.15) is 0 Å². The Morgan fingerprint density at radius 2 is 1.69 bits per heavy atom. The molecule has 0 saturated carbocycles. The van der Waals surface area contributed by atoms with Gasteiger partial charge in [0.2, 0.25) is 10.9 Å². The van der Waals surface area contributed by atoms with Gasteiger partial charge in [-0.3, -0.25) is 10.1 Å². The Hall–Kier alpha value is -2.78. The molecule has 2 aromatic carbocycles. The molecule has 29 heavy (non-hydrogen) atoms. The second kappa shape index (κ2) is 10.1. The first-order valence-corrected chi connectivity index (χ1v) is 10.7. The van der Waals surface area contributed by atoms with Gasteiger partial charge in [0, 0.05) is 17.1 Å². The van der Waals surface area contributed by atoms with Crippen molar-refractivity contribution in [2.75, 3.05) is 26.6 Å². The number of methoxy groups -OCH3 is 3. The summed E-state index contributed by atoms with van der Waals surface area (Å²) in [5.74, 6) is 2.55. The third-order valence-corrected chi connectivity index (χ3v) is 5.99. The van der Waals surface area contributed by atoms with Gasteiger partial charge in [-0.25, -0.2) is 0 Å². The lowest BCUT2D eigenvalue weighted by atomic mass is 10.1. The average molecular weight is 432 g/mol. The van der Waals surface area contributed by atoms with Crippen LogP contribution in [-0.2, 0) is 11.5 Å². The van der Waals surface area contributed by atoms with Crippen LogP contribution in [0.1, 0.15) is 20.9 Å². The standard InChI is InChI=1S/C20H21N3O4S2/c1-25-15-9-14(10-16(26-2)18(15)27-3)19(24)21-20-23-22-17(29-20)12-28-11-13-7-5-4-6-8-13/h4-10H,11-12H2,1-3H3,(H,21,23,24). The van der Waals surface area contributed by atoms with Crippen molar-refractivity contribution in [3.63, 3.8) is 0 Å². The quantitative estimate of drug-likeness (QED) is 0.542. The maximum absolute atomic E-state index is 12.6. The van der Waals surface area contributed by atoms with E-state index in [2.05, 4.69) is 27.6 Å². The van der Waals surface area contributed by atoms with E-state index in [0.29, 0.717) is 27.9 Å². The van der Waals surface area contributed by atoms with Crippen LogP contribution >= 0.6 is 23.1 Å². The van der Waals surface area contributed by atoms with Gasteiger partial charge < -0.3 is 14.2 Å². The first kappa shape index (κ1) is 20.9. The maximum Gasteiger partial charge on any atom is 0.257 e. The number of rotatable bonds is 9. The molecule has 1 N–H and O–H groups in total. The molecule has 0 atom stereocenters. The number of thioether (sulfide) groups is 1. The molecule has 0 aliphatic carbocycles. The normalized spacial score (nSPS) is 10.4. The van der Waals surface area contributed by atoms with Crippen LogP contribution in [0.5, 0.6) is 17.2 Å². The van der Waals surface area contributed by atoms with Crippen LogP contribution in [0.15, 0.2) is 42.5 Å². The molecule has 0 fully saturated rings.